The molecule has 1 N–H and O–H groups in total. The lowest BCUT2D eigenvalue weighted by Crippen LogP contribution is -2.51. The third-order valence-corrected chi connectivity index (χ3v) is 9.65. The molecule has 1 amide bonds. The number of esters is 3. The minimum atomic E-state index is -1.17. The maximum Gasteiger partial charge on any atom is 0.347 e. The second kappa shape index (κ2) is 17.6. The molecule has 49 heavy (non-hydrogen) atoms. The number of rotatable bonds is 18. The van der Waals surface area contributed by atoms with Crippen LogP contribution in [0, 0.1) is 11.8 Å². The number of morpholine rings is 1. The Labute approximate surface area is 289 Å². The van der Waals surface area contributed by atoms with Gasteiger partial charge in [0.1, 0.15) is 18.7 Å². The summed E-state index contributed by atoms with van der Waals surface area (Å²) in [4.78, 5) is 57.6. The van der Waals surface area contributed by atoms with Crippen molar-refractivity contribution in [2.24, 2.45) is 11.8 Å². The highest BCUT2D eigenvalue weighted by Crippen LogP contribution is 2.35. The molecular formula is C38H51N3O8. The SMILES string of the molecule is CN[C@@H](CC1CC1)C(=O)O[C@H](Cc1ccc(N2CCOCC2)cc1)C(=O)N(C)[C@@H](CCC1CC1)C(=O)O[C@H](C)C(=O)OCc1ccccc1. The Morgan fingerprint density at radius 1 is 0.878 bits per heavy atom. The van der Waals surface area contributed by atoms with Crippen molar-refractivity contribution >= 4 is 29.5 Å². The number of carbonyl (C=O) groups excluding carboxylic acids is 4. The van der Waals surface area contributed by atoms with Crippen LogP contribution in [0.1, 0.15) is 63.0 Å². The second-order valence-corrected chi connectivity index (χ2v) is 13.6. The van der Waals surface area contributed by atoms with Crippen molar-refractivity contribution in [1.82, 2.24) is 10.2 Å². The predicted molar refractivity (Wildman–Crippen MR) is 184 cm³/mol. The highest BCUT2D eigenvalue weighted by molar-refractivity contribution is 5.90. The van der Waals surface area contributed by atoms with Gasteiger partial charge in [0.25, 0.3) is 5.91 Å². The number of hydrogen-bond donors (Lipinski definition) is 1. The van der Waals surface area contributed by atoms with E-state index in [1.807, 2.05) is 54.6 Å². The molecule has 11 nitrogen and oxygen atoms in total. The van der Waals surface area contributed by atoms with E-state index in [0.29, 0.717) is 37.9 Å². The summed E-state index contributed by atoms with van der Waals surface area (Å²) in [5.74, 6) is -1.39. The van der Waals surface area contributed by atoms with E-state index < -0.39 is 48.1 Å². The largest absolute Gasteiger partial charge is 0.458 e. The topological polar surface area (TPSA) is 124 Å². The minimum absolute atomic E-state index is 0.0554. The number of ether oxygens (including phenoxy) is 4. The van der Waals surface area contributed by atoms with Gasteiger partial charge in [-0.05, 0) is 68.3 Å². The third kappa shape index (κ3) is 11.0. The highest BCUT2D eigenvalue weighted by Gasteiger charge is 2.38. The summed E-state index contributed by atoms with van der Waals surface area (Å²) in [7, 11) is 3.26. The first kappa shape index (κ1) is 36.3. The van der Waals surface area contributed by atoms with Crippen LogP contribution in [0.5, 0.6) is 0 Å². The van der Waals surface area contributed by atoms with Crippen molar-refractivity contribution in [1.29, 1.82) is 0 Å². The lowest BCUT2D eigenvalue weighted by Gasteiger charge is -2.31. The van der Waals surface area contributed by atoms with Crippen LogP contribution < -0.4 is 10.2 Å². The molecule has 3 aliphatic rings. The van der Waals surface area contributed by atoms with Crippen LogP contribution >= 0.6 is 0 Å². The summed E-state index contributed by atoms with van der Waals surface area (Å²) in [6.07, 6.45) is 3.88. The molecule has 2 aliphatic carbocycles. The zero-order valence-corrected chi connectivity index (χ0v) is 29.0. The molecule has 266 valence electrons. The summed E-state index contributed by atoms with van der Waals surface area (Å²) in [6.45, 7) is 4.47. The van der Waals surface area contributed by atoms with E-state index in [1.54, 1.807) is 14.1 Å². The van der Waals surface area contributed by atoms with Gasteiger partial charge < -0.3 is 34.1 Å². The first-order valence-electron chi connectivity index (χ1n) is 17.7. The van der Waals surface area contributed by atoms with Gasteiger partial charge in [-0.3, -0.25) is 9.59 Å². The second-order valence-electron chi connectivity index (χ2n) is 13.6. The zero-order chi connectivity index (χ0) is 34.8. The van der Waals surface area contributed by atoms with Crippen LogP contribution in [0.4, 0.5) is 5.69 Å². The molecule has 2 aromatic carbocycles. The number of likely N-dealkylation sites (N-methyl/N-ethyl adjacent to an activating group) is 2. The van der Waals surface area contributed by atoms with Gasteiger partial charge in [0.2, 0.25) is 0 Å². The molecule has 2 aromatic rings. The minimum Gasteiger partial charge on any atom is -0.458 e. The molecule has 1 heterocycles. The van der Waals surface area contributed by atoms with Gasteiger partial charge in [0.15, 0.2) is 12.2 Å². The number of nitrogens with zero attached hydrogens (tertiary/aromatic N) is 2. The summed E-state index contributed by atoms with van der Waals surface area (Å²) in [5.41, 5.74) is 2.70. The molecule has 5 rings (SSSR count). The summed E-state index contributed by atoms with van der Waals surface area (Å²) >= 11 is 0. The Morgan fingerprint density at radius 3 is 2.18 bits per heavy atom. The number of hydrogen-bond acceptors (Lipinski definition) is 10. The quantitative estimate of drug-likeness (QED) is 0.183. The molecular weight excluding hydrogens is 626 g/mol. The molecule has 4 atom stereocenters. The number of carbonyl (C=O) groups is 4. The van der Waals surface area contributed by atoms with Crippen LogP contribution in [0.15, 0.2) is 54.6 Å². The highest BCUT2D eigenvalue weighted by atomic mass is 16.6. The van der Waals surface area contributed by atoms with E-state index >= 15 is 0 Å². The molecule has 1 aliphatic heterocycles. The molecule has 1 saturated heterocycles. The average Bonchev–Trinajstić information content (AvgIpc) is 4.07. The Balaban J connectivity index is 1.28. The van der Waals surface area contributed by atoms with Crippen LogP contribution in [-0.4, -0.2) is 93.4 Å². The molecule has 3 fully saturated rings. The molecule has 0 bridgehead atoms. The fourth-order valence-electron chi connectivity index (χ4n) is 6.10. The van der Waals surface area contributed by atoms with Crippen LogP contribution in [-0.2, 0) is 51.2 Å². The molecule has 0 unspecified atom stereocenters. The fraction of sp³-hybridized carbons (Fsp3) is 0.579. The van der Waals surface area contributed by atoms with Gasteiger partial charge in [-0.1, -0.05) is 68.1 Å². The van der Waals surface area contributed by atoms with Crippen LogP contribution in [0.25, 0.3) is 0 Å². The first-order valence-corrected chi connectivity index (χ1v) is 17.7. The molecule has 11 heteroatoms. The van der Waals surface area contributed by atoms with Gasteiger partial charge in [0, 0.05) is 32.2 Å². The zero-order valence-electron chi connectivity index (χ0n) is 29.0. The van der Waals surface area contributed by atoms with Crippen molar-refractivity contribution in [3.05, 3.63) is 65.7 Å². The van der Waals surface area contributed by atoms with Gasteiger partial charge in [0.05, 0.1) is 13.2 Å². The van der Waals surface area contributed by atoms with E-state index in [0.717, 1.165) is 62.0 Å². The molecule has 0 spiro atoms. The predicted octanol–water partition coefficient (Wildman–Crippen LogP) is 4.06. The first-order chi connectivity index (χ1) is 23.7. The monoisotopic (exact) mass is 677 g/mol. The van der Waals surface area contributed by atoms with Crippen molar-refractivity contribution < 1.29 is 38.1 Å². The van der Waals surface area contributed by atoms with E-state index in [9.17, 15) is 19.2 Å². The normalized spacial score (nSPS) is 18.5. The summed E-state index contributed by atoms with van der Waals surface area (Å²) in [6, 6.07) is 15.6. The number of benzene rings is 2. The van der Waals surface area contributed by atoms with Gasteiger partial charge in [-0.2, -0.15) is 0 Å². The average molecular weight is 678 g/mol. The number of amides is 1. The van der Waals surface area contributed by atoms with E-state index in [2.05, 4.69) is 10.2 Å². The Bertz CT molecular complexity index is 1390. The molecule has 2 saturated carbocycles. The molecule has 0 aromatic heterocycles. The van der Waals surface area contributed by atoms with Crippen molar-refractivity contribution in [2.75, 3.05) is 45.3 Å². The van der Waals surface area contributed by atoms with Crippen molar-refractivity contribution in [3.8, 4) is 0 Å². The number of nitrogens with one attached hydrogen (secondary N) is 1. The van der Waals surface area contributed by atoms with Gasteiger partial charge >= 0.3 is 17.9 Å². The van der Waals surface area contributed by atoms with E-state index in [1.165, 1.54) is 11.8 Å². The summed E-state index contributed by atoms with van der Waals surface area (Å²) < 4.78 is 22.4. The Kier molecular flexibility index (Phi) is 13.1. The van der Waals surface area contributed by atoms with Crippen LogP contribution in [0.3, 0.4) is 0 Å². The number of anilines is 1. The van der Waals surface area contributed by atoms with Gasteiger partial charge in [-0.25, -0.2) is 9.59 Å². The Hall–Kier alpha value is -3.96. The summed E-state index contributed by atoms with van der Waals surface area (Å²) in [5, 5.41) is 3.05. The van der Waals surface area contributed by atoms with Crippen molar-refractivity contribution in [3.63, 3.8) is 0 Å². The van der Waals surface area contributed by atoms with Gasteiger partial charge in [-0.15, -0.1) is 0 Å². The lowest BCUT2D eigenvalue weighted by atomic mass is 10.0. The Morgan fingerprint density at radius 2 is 1.55 bits per heavy atom. The standard InChI is InChI=1S/C38H51N3O8/c1-26(36(43)47-25-30-7-5-4-6-8-30)48-38(45)33(18-15-27-9-10-27)40(3)35(42)34(49-37(44)32(39-2)23-28-11-12-28)24-29-13-16-31(17-14-29)41-19-21-46-22-20-41/h4-8,13-14,16-17,26-28,32-34,39H,9-12,15,18-25H2,1-3H3/t26-,32+,33+,34-/m1/s1. The maximum atomic E-state index is 14.2. The van der Waals surface area contributed by atoms with Crippen molar-refractivity contribution in [2.45, 2.75) is 89.2 Å². The smallest absolute Gasteiger partial charge is 0.347 e. The third-order valence-electron chi connectivity index (χ3n) is 9.65. The van der Waals surface area contributed by atoms with E-state index in [-0.39, 0.29) is 13.0 Å². The van der Waals surface area contributed by atoms with E-state index in [4.69, 9.17) is 18.9 Å². The maximum absolute atomic E-state index is 14.2. The molecule has 0 radical (unpaired) electrons. The van der Waals surface area contributed by atoms with Crippen LogP contribution in [0.2, 0.25) is 0 Å². The fourth-order valence-corrected chi connectivity index (χ4v) is 6.10. The lowest BCUT2D eigenvalue weighted by molar-refractivity contribution is -0.173.